The van der Waals surface area contributed by atoms with E-state index in [2.05, 4.69) is 28.1 Å². The maximum atomic E-state index is 12.3. The molecular weight excluding hydrogens is 701 g/mol. The first-order valence-corrected chi connectivity index (χ1v) is 15.9. The van der Waals surface area contributed by atoms with Crippen LogP contribution in [-0.4, -0.2) is 71.4 Å². The van der Waals surface area contributed by atoms with Gasteiger partial charge < -0.3 is 43.8 Å². The van der Waals surface area contributed by atoms with Gasteiger partial charge in [0, 0.05) is 4.92 Å². The van der Waals surface area contributed by atoms with Crippen LogP contribution in [0.5, 0.6) is 11.5 Å². The van der Waals surface area contributed by atoms with Crippen LogP contribution in [0.4, 0.5) is 5.88 Å². The summed E-state index contributed by atoms with van der Waals surface area (Å²) in [5.74, 6) is -6.13. The first-order valence-electron chi connectivity index (χ1n) is 11.4. The van der Waals surface area contributed by atoms with E-state index in [4.69, 9.17) is 19.6 Å². The predicted molar refractivity (Wildman–Crippen MR) is 135 cm³/mol. The van der Waals surface area contributed by atoms with E-state index in [0.717, 1.165) is 17.3 Å². The van der Waals surface area contributed by atoms with E-state index < -0.39 is 97.3 Å². The number of fused-ring (bicyclic) bond motifs is 2. The highest BCUT2D eigenvalue weighted by molar-refractivity contribution is 7.66. The smallest absolute Gasteiger partial charge is 0.484 e. The minimum absolute atomic E-state index is 0.0506. The lowest BCUT2D eigenvalue weighted by atomic mass is 9.96. The number of phosphoric acid groups is 3. The third-order valence-corrected chi connectivity index (χ3v) is 9.59. The average molecular weight is 713 g/mol. The highest BCUT2D eigenvalue weighted by Crippen LogP contribution is 2.65. The van der Waals surface area contributed by atoms with Crippen LogP contribution in [-0.2, 0) is 33.4 Å². The third kappa shape index (κ3) is 6.02. The van der Waals surface area contributed by atoms with Crippen molar-refractivity contribution in [3.05, 3.63) is 59.6 Å². The second-order valence-corrected chi connectivity index (χ2v) is 13.1. The molecule has 4 aliphatic rings. The largest absolute Gasteiger partial charge is 0.789 e. The molecule has 0 saturated carbocycles. The molecule has 1 spiro atoms. The zero-order valence-electron chi connectivity index (χ0n) is 21.6. The quantitative estimate of drug-likeness (QED) is 0.0981. The fourth-order valence-corrected chi connectivity index (χ4v) is 7.09. The molecule has 0 amide bonds. The van der Waals surface area contributed by atoms with Gasteiger partial charge in [-0.25, -0.2) is 14.1 Å². The molecule has 1 aromatic heterocycles. The van der Waals surface area contributed by atoms with Crippen LogP contribution in [0.2, 0.25) is 0 Å². The first-order chi connectivity index (χ1) is 21.2. The molecule has 0 aromatic carbocycles. The van der Waals surface area contributed by atoms with Crippen molar-refractivity contribution in [2.75, 3.05) is 0 Å². The standard InChI is InChI=1S/C16H13N8O19P3/c17-13-10-14(19-4-18-13)21(5-20-10)15-12-11(7(39-15)3-38-45(34,35)43-46(36,37)42-44(31,32)33)40-16(41-12)8(23(27)28)1-6(22(25)26)2-9(16)24(29)30/h1-2,4-5,8,10,17H,3H2,(H4,31,32,33,34,35,36,37)/p-1. The van der Waals surface area contributed by atoms with E-state index >= 15 is 0 Å². The average Bonchev–Trinajstić information content (AvgIpc) is 3.58. The Bertz CT molecular complexity index is 1920. The van der Waals surface area contributed by atoms with E-state index in [0.29, 0.717) is 12.2 Å². The molecule has 30 heteroatoms. The van der Waals surface area contributed by atoms with Gasteiger partial charge in [-0.15, -0.1) is 4.99 Å². The van der Waals surface area contributed by atoms with E-state index in [1.807, 2.05) is 0 Å². The topological polar surface area (TPSA) is 393 Å². The van der Waals surface area contributed by atoms with Crippen LogP contribution in [0.1, 0.15) is 5.76 Å². The molecule has 5 rings (SSSR count). The number of furan rings is 1. The van der Waals surface area contributed by atoms with Gasteiger partial charge in [-0.2, -0.15) is 8.89 Å². The zero-order valence-corrected chi connectivity index (χ0v) is 24.2. The predicted octanol–water partition coefficient (Wildman–Crippen LogP) is -1.84. The number of allylic oxidation sites excluding steroid dienone is 1. The minimum atomic E-state index is -6.24. The lowest BCUT2D eigenvalue weighted by Crippen LogP contribution is -2.57. The van der Waals surface area contributed by atoms with Crippen molar-refractivity contribution in [1.82, 2.24) is 0 Å². The third-order valence-electron chi connectivity index (χ3n) is 5.86. The van der Waals surface area contributed by atoms with Gasteiger partial charge in [0.1, 0.15) is 6.61 Å². The summed E-state index contributed by atoms with van der Waals surface area (Å²) in [6, 6.07) is -3.51. The minimum Gasteiger partial charge on any atom is -0.789 e. The van der Waals surface area contributed by atoms with E-state index in [9.17, 15) is 63.6 Å². The van der Waals surface area contributed by atoms with E-state index in [1.54, 1.807) is 0 Å². The van der Waals surface area contributed by atoms with Crippen molar-refractivity contribution >= 4 is 53.7 Å². The summed E-state index contributed by atoms with van der Waals surface area (Å²) >= 11 is 0. The van der Waals surface area contributed by atoms with Crippen molar-refractivity contribution < 1.29 is 79.7 Å². The van der Waals surface area contributed by atoms with Crippen LogP contribution in [0, 0.1) is 30.3 Å². The van der Waals surface area contributed by atoms with Crippen molar-refractivity contribution in [1.29, 1.82) is 0 Å². The van der Waals surface area contributed by atoms with E-state index in [-0.39, 0.29) is 11.7 Å². The molecule has 3 aliphatic heterocycles. The van der Waals surface area contributed by atoms with Crippen molar-refractivity contribution in [3.63, 3.8) is 0 Å². The fraction of sp³-hybridized carbons (Fsp3) is 0.250. The van der Waals surface area contributed by atoms with Gasteiger partial charge in [-0.05, 0) is 0 Å². The molecule has 27 nitrogen and oxygen atoms in total. The summed E-state index contributed by atoms with van der Waals surface area (Å²) < 4.78 is 63.7. The number of aliphatic imine (C=N–C) groups is 3. The Morgan fingerprint density at radius 1 is 1.04 bits per heavy atom. The van der Waals surface area contributed by atoms with Crippen LogP contribution in [0.15, 0.2) is 42.9 Å². The molecule has 5 unspecified atom stereocenters. The lowest BCUT2D eigenvalue weighted by molar-refractivity contribution is -0.559. The highest BCUT2D eigenvalue weighted by atomic mass is 31.3. The van der Waals surface area contributed by atoms with Crippen molar-refractivity contribution in [2.24, 2.45) is 20.7 Å². The summed E-state index contributed by atoms with van der Waals surface area (Å²) in [6.07, 6.45) is 2.72. The van der Waals surface area contributed by atoms with Crippen LogP contribution >= 0.6 is 23.5 Å². The second kappa shape index (κ2) is 11.1. The Hall–Kier alpha value is -4.55. The molecule has 4 heterocycles. The zero-order chi connectivity index (χ0) is 34.0. The number of nitrogens with two attached hydrogens (primary N) is 1. The summed E-state index contributed by atoms with van der Waals surface area (Å²) in [6.45, 7) is -1.38. The van der Waals surface area contributed by atoms with Gasteiger partial charge >= 0.3 is 39.1 Å². The number of amidine groups is 2. The molecule has 4 N–H and O–H groups in total. The molecular formula is C16H12N8O19P3-. The Labute approximate surface area is 250 Å². The Morgan fingerprint density at radius 2 is 1.72 bits per heavy atom. The summed E-state index contributed by atoms with van der Waals surface area (Å²) in [7, 11) is -18.2. The van der Waals surface area contributed by atoms with Crippen molar-refractivity contribution in [2.45, 2.75) is 24.5 Å². The number of phosphoric ester groups is 1. The number of hydrogen-bond donors (Lipinski definition) is 3. The molecule has 1 aliphatic carbocycles. The number of rotatable bonds is 11. The lowest BCUT2D eigenvalue weighted by Gasteiger charge is -2.29. The highest BCUT2D eigenvalue weighted by Gasteiger charge is 2.69. The number of nitrogens with zero attached hydrogens (tertiary/aromatic N) is 7. The van der Waals surface area contributed by atoms with Crippen LogP contribution in [0.3, 0.4) is 0 Å². The fourth-order valence-electron chi connectivity index (χ4n) is 4.18. The molecule has 5 atom stereocenters. The van der Waals surface area contributed by atoms with Gasteiger partial charge in [0.05, 0.1) is 29.8 Å². The Morgan fingerprint density at radius 3 is 2.33 bits per heavy atom. The van der Waals surface area contributed by atoms with Gasteiger partial charge in [0.25, 0.3) is 17.6 Å². The SMILES string of the molecule is NC1=NC=NC2=[N+](c3oc(COP(=O)(O)OP(=O)(O)OP(=O)([O-])[O-])c4c3OC3(O4)C([N+](=O)[O-])=CC([N+](=O)[O-])=CC3[N+](=O)[O-])C=NC12. The van der Waals surface area contributed by atoms with Crippen LogP contribution in [0.25, 0.3) is 0 Å². The summed E-state index contributed by atoms with van der Waals surface area (Å²) in [4.78, 5) is 84.1. The maximum absolute atomic E-state index is 12.3. The van der Waals surface area contributed by atoms with Crippen LogP contribution < -0.4 is 25.0 Å². The second-order valence-electron chi connectivity index (χ2n) is 8.74. The number of hydrogen-bond acceptors (Lipinski definition) is 21. The monoisotopic (exact) mass is 713 g/mol. The van der Waals surface area contributed by atoms with Gasteiger partial charge in [-0.1, -0.05) is 4.99 Å². The van der Waals surface area contributed by atoms with Crippen molar-refractivity contribution in [3.8, 4) is 11.5 Å². The summed E-state index contributed by atoms with van der Waals surface area (Å²) in [5.41, 5.74) is 3.38. The molecule has 46 heavy (non-hydrogen) atoms. The van der Waals surface area contributed by atoms with Gasteiger partial charge in [0.15, 0.2) is 17.9 Å². The molecule has 0 radical (unpaired) electrons. The maximum Gasteiger partial charge on any atom is 0.484 e. The Balaban J connectivity index is 1.59. The number of ether oxygens (including phenoxy) is 2. The molecule has 246 valence electrons. The molecule has 0 fully saturated rings. The number of nitro groups is 3. The van der Waals surface area contributed by atoms with Gasteiger partial charge in [0.2, 0.25) is 17.8 Å². The molecule has 0 bridgehead atoms. The Kier molecular flexibility index (Phi) is 7.89. The molecule has 1 aromatic rings. The first kappa shape index (κ1) is 32.8. The molecule has 0 saturated heterocycles. The van der Waals surface area contributed by atoms with Gasteiger partial charge in [-0.3, -0.25) is 39.2 Å². The van der Waals surface area contributed by atoms with E-state index in [1.165, 1.54) is 0 Å². The summed E-state index contributed by atoms with van der Waals surface area (Å²) in [5, 5.41) is 35.5. The normalized spacial score (nSPS) is 25.8.